The molecule has 1 aromatic heterocycles. The van der Waals surface area contributed by atoms with Crippen molar-refractivity contribution in [3.05, 3.63) is 29.7 Å². The number of nitrogens with zero attached hydrogens (tertiary/aromatic N) is 3. The molecule has 1 aromatic carbocycles. The second-order valence-electron chi connectivity index (χ2n) is 8.21. The Morgan fingerprint density at radius 2 is 1.90 bits per heavy atom. The predicted octanol–water partition coefficient (Wildman–Crippen LogP) is 3.67. The van der Waals surface area contributed by atoms with E-state index in [1.807, 2.05) is 20.8 Å². The molecular formula is C20H25F2N3O5S. The largest absolute Gasteiger partial charge is 0.611 e. The Hall–Kier alpha value is -2.24. The second-order valence-corrected chi connectivity index (χ2v) is 9.53. The molecule has 1 amide bonds. The van der Waals surface area contributed by atoms with Crippen LogP contribution >= 0.6 is 0 Å². The Balaban J connectivity index is 1.53. The van der Waals surface area contributed by atoms with Gasteiger partial charge in [-0.1, -0.05) is 5.16 Å². The first-order valence-electron chi connectivity index (χ1n) is 9.78. The van der Waals surface area contributed by atoms with Gasteiger partial charge in [0.1, 0.15) is 18.5 Å². The summed E-state index contributed by atoms with van der Waals surface area (Å²) in [6, 6.07) is 2.03. The van der Waals surface area contributed by atoms with Crippen LogP contribution in [-0.2, 0) is 27.3 Å². The van der Waals surface area contributed by atoms with E-state index in [2.05, 4.69) is 10.1 Å². The van der Waals surface area contributed by atoms with Crippen molar-refractivity contribution < 1.29 is 32.1 Å². The first-order chi connectivity index (χ1) is 14.5. The van der Waals surface area contributed by atoms with Gasteiger partial charge < -0.3 is 23.4 Å². The van der Waals surface area contributed by atoms with Crippen LogP contribution in [0.2, 0.25) is 0 Å². The highest BCUT2D eigenvalue weighted by atomic mass is 32.2. The number of rotatable bonds is 5. The van der Waals surface area contributed by atoms with Gasteiger partial charge in [0.05, 0.1) is 6.10 Å². The molecule has 11 heteroatoms. The van der Waals surface area contributed by atoms with E-state index in [1.165, 1.54) is 6.26 Å². The van der Waals surface area contributed by atoms with Gasteiger partial charge in [0.15, 0.2) is 11.6 Å². The molecule has 1 aliphatic heterocycles. The standard InChI is InChI=1S/C20H25F2N3O5S/c1-20(2,3)29-19(26)25-7-5-13(6-8-25)28-11-16-23-18(24-30-16)12-9-14(21)17(31(4)27)15(22)10-12/h9-10,13H,5-8,11H2,1-4H3. The maximum Gasteiger partial charge on any atom is 0.410 e. The molecule has 8 nitrogen and oxygen atoms in total. The highest BCUT2D eigenvalue weighted by Gasteiger charge is 2.28. The fourth-order valence-electron chi connectivity index (χ4n) is 3.12. The fraction of sp³-hybridized carbons (Fsp3) is 0.550. The lowest BCUT2D eigenvalue weighted by Crippen LogP contribution is -2.43. The third-order valence-electron chi connectivity index (χ3n) is 4.55. The summed E-state index contributed by atoms with van der Waals surface area (Å²) in [6.07, 6.45) is 2.02. The summed E-state index contributed by atoms with van der Waals surface area (Å²) < 4.78 is 55.8. The number of hydrogen-bond donors (Lipinski definition) is 0. The van der Waals surface area contributed by atoms with Crippen molar-refractivity contribution >= 4 is 17.3 Å². The van der Waals surface area contributed by atoms with E-state index in [9.17, 15) is 18.1 Å². The molecule has 1 aliphatic rings. The van der Waals surface area contributed by atoms with E-state index in [0.29, 0.717) is 25.9 Å². The molecule has 0 aliphatic carbocycles. The predicted molar refractivity (Wildman–Crippen MR) is 108 cm³/mol. The van der Waals surface area contributed by atoms with Crippen LogP contribution in [0, 0.1) is 11.6 Å². The van der Waals surface area contributed by atoms with Gasteiger partial charge in [-0.05, 0) is 56.9 Å². The van der Waals surface area contributed by atoms with Crippen molar-refractivity contribution in [2.24, 2.45) is 0 Å². The molecule has 170 valence electrons. The van der Waals surface area contributed by atoms with E-state index >= 15 is 0 Å². The summed E-state index contributed by atoms with van der Waals surface area (Å²) in [5.74, 6) is -1.71. The van der Waals surface area contributed by atoms with Crippen LogP contribution in [0.15, 0.2) is 21.6 Å². The Labute approximate surface area is 182 Å². The van der Waals surface area contributed by atoms with Gasteiger partial charge in [-0.15, -0.1) is 0 Å². The molecule has 0 radical (unpaired) electrons. The topological polar surface area (TPSA) is 101 Å². The van der Waals surface area contributed by atoms with Crippen LogP contribution in [0.3, 0.4) is 0 Å². The number of hydrogen-bond acceptors (Lipinski definition) is 7. The number of aromatic nitrogens is 2. The Morgan fingerprint density at radius 3 is 2.45 bits per heavy atom. The van der Waals surface area contributed by atoms with Crippen molar-refractivity contribution in [1.29, 1.82) is 0 Å². The van der Waals surface area contributed by atoms with Crippen LogP contribution in [0.4, 0.5) is 13.6 Å². The minimum Gasteiger partial charge on any atom is -0.611 e. The van der Waals surface area contributed by atoms with Crippen LogP contribution in [0.1, 0.15) is 39.5 Å². The number of carbonyl (C=O) groups is 1. The van der Waals surface area contributed by atoms with Gasteiger partial charge >= 0.3 is 6.09 Å². The lowest BCUT2D eigenvalue weighted by Gasteiger charge is -2.33. The number of amides is 1. The van der Waals surface area contributed by atoms with Crippen LogP contribution in [-0.4, -0.2) is 56.7 Å². The molecule has 0 N–H and O–H groups in total. The first-order valence-corrected chi connectivity index (χ1v) is 11.3. The summed E-state index contributed by atoms with van der Waals surface area (Å²) >= 11 is -1.80. The fourth-order valence-corrected chi connectivity index (χ4v) is 3.78. The smallest absolute Gasteiger partial charge is 0.410 e. The lowest BCUT2D eigenvalue weighted by atomic mass is 10.1. The number of halogens is 2. The highest BCUT2D eigenvalue weighted by molar-refractivity contribution is 7.90. The zero-order chi connectivity index (χ0) is 22.8. The summed E-state index contributed by atoms with van der Waals surface area (Å²) in [7, 11) is 0. The molecule has 1 unspecified atom stereocenters. The zero-order valence-corrected chi connectivity index (χ0v) is 18.6. The molecule has 0 spiro atoms. The molecule has 0 bridgehead atoms. The average Bonchev–Trinajstić information content (AvgIpc) is 3.13. The summed E-state index contributed by atoms with van der Waals surface area (Å²) in [5, 5.41) is 3.73. The number of likely N-dealkylation sites (tertiary alicyclic amines) is 1. The van der Waals surface area contributed by atoms with Crippen LogP contribution in [0.5, 0.6) is 0 Å². The Morgan fingerprint density at radius 1 is 1.29 bits per heavy atom. The van der Waals surface area contributed by atoms with Gasteiger partial charge in [0.2, 0.25) is 10.7 Å². The van der Waals surface area contributed by atoms with Crippen LogP contribution in [0.25, 0.3) is 11.4 Å². The van der Waals surface area contributed by atoms with Crippen molar-refractivity contribution in [3.63, 3.8) is 0 Å². The summed E-state index contributed by atoms with van der Waals surface area (Å²) in [4.78, 5) is 17.4. The van der Waals surface area contributed by atoms with Crippen LogP contribution < -0.4 is 0 Å². The number of ether oxygens (including phenoxy) is 2. The van der Waals surface area contributed by atoms with Crippen molar-refractivity contribution in [1.82, 2.24) is 15.0 Å². The SMILES string of the molecule is C[S+]([O-])c1c(F)cc(-c2noc(COC3CCN(C(=O)OC(C)(C)C)CC3)n2)cc1F. The van der Waals surface area contributed by atoms with Gasteiger partial charge in [-0.2, -0.15) is 4.98 Å². The van der Waals surface area contributed by atoms with E-state index in [1.54, 1.807) is 4.90 Å². The summed E-state index contributed by atoms with van der Waals surface area (Å²) in [5.41, 5.74) is -0.468. The minimum atomic E-state index is -1.80. The molecule has 1 fully saturated rings. The molecule has 2 aromatic rings. The van der Waals surface area contributed by atoms with E-state index in [4.69, 9.17) is 14.0 Å². The van der Waals surface area contributed by atoms with E-state index in [-0.39, 0.29) is 36.1 Å². The number of carbonyl (C=O) groups excluding carboxylic acids is 1. The Bertz CT molecular complexity index is 901. The molecule has 31 heavy (non-hydrogen) atoms. The Kier molecular flexibility index (Phi) is 7.17. The monoisotopic (exact) mass is 457 g/mol. The third-order valence-corrected chi connectivity index (χ3v) is 5.51. The zero-order valence-electron chi connectivity index (χ0n) is 17.8. The highest BCUT2D eigenvalue weighted by Crippen LogP contribution is 2.26. The van der Waals surface area contributed by atoms with E-state index in [0.717, 1.165) is 12.1 Å². The minimum absolute atomic E-state index is 0.00424. The molecule has 1 saturated heterocycles. The maximum absolute atomic E-state index is 14.0. The maximum atomic E-state index is 14.0. The van der Waals surface area contributed by atoms with Crippen molar-refractivity contribution in [2.75, 3.05) is 19.3 Å². The second kappa shape index (κ2) is 9.49. The molecule has 2 heterocycles. The molecule has 1 atom stereocenters. The molecule has 3 rings (SSSR count). The summed E-state index contributed by atoms with van der Waals surface area (Å²) in [6.45, 7) is 6.52. The number of benzene rings is 1. The van der Waals surface area contributed by atoms with Crippen molar-refractivity contribution in [2.45, 2.75) is 56.8 Å². The molecular weight excluding hydrogens is 432 g/mol. The van der Waals surface area contributed by atoms with Crippen molar-refractivity contribution in [3.8, 4) is 11.4 Å². The normalized spacial score (nSPS) is 16.4. The third kappa shape index (κ3) is 6.14. The van der Waals surface area contributed by atoms with Gasteiger partial charge in [-0.25, -0.2) is 13.6 Å². The quantitative estimate of drug-likeness (QED) is 0.632. The molecule has 0 saturated carbocycles. The van der Waals surface area contributed by atoms with Gasteiger partial charge in [-0.3, -0.25) is 0 Å². The van der Waals surface area contributed by atoms with Gasteiger partial charge in [0, 0.05) is 18.7 Å². The first kappa shape index (κ1) is 23.4. The lowest BCUT2D eigenvalue weighted by molar-refractivity contribution is -0.0231. The average molecular weight is 457 g/mol. The van der Waals surface area contributed by atoms with Gasteiger partial charge in [0.25, 0.3) is 5.89 Å². The van der Waals surface area contributed by atoms with E-state index < -0.39 is 33.3 Å². The number of piperidine rings is 1.